The zero-order valence-corrected chi connectivity index (χ0v) is 18.7. The summed E-state index contributed by atoms with van der Waals surface area (Å²) >= 11 is 0. The van der Waals surface area contributed by atoms with Gasteiger partial charge in [-0.05, 0) is 36.4 Å². The van der Waals surface area contributed by atoms with Crippen molar-refractivity contribution < 1.29 is 13.3 Å². The Kier molecular flexibility index (Phi) is 6.03. The molecule has 11 nitrogen and oxygen atoms in total. The van der Waals surface area contributed by atoms with Gasteiger partial charge >= 0.3 is 5.69 Å². The third kappa shape index (κ3) is 4.13. The normalized spacial score (nSPS) is 11.7. The molecular weight excluding hydrogens is 446 g/mol. The van der Waals surface area contributed by atoms with Crippen molar-refractivity contribution in [2.75, 3.05) is 18.4 Å². The van der Waals surface area contributed by atoms with E-state index in [-0.39, 0.29) is 22.2 Å². The van der Waals surface area contributed by atoms with Crippen LogP contribution in [-0.4, -0.2) is 50.3 Å². The van der Waals surface area contributed by atoms with E-state index in [9.17, 15) is 18.5 Å². The summed E-state index contributed by atoms with van der Waals surface area (Å²) in [6.07, 6.45) is 2.69. The number of hydrogen-bond donors (Lipinski definition) is 1. The number of nitro groups is 1. The Bertz CT molecular complexity index is 1410. The van der Waals surface area contributed by atoms with E-state index in [1.807, 2.05) is 6.07 Å². The zero-order chi connectivity index (χ0) is 23.6. The predicted octanol–water partition coefficient (Wildman–Crippen LogP) is 3.50. The van der Waals surface area contributed by atoms with E-state index in [0.717, 1.165) is 0 Å². The van der Waals surface area contributed by atoms with Gasteiger partial charge in [0.2, 0.25) is 21.7 Å². The largest absolute Gasteiger partial charge is 0.354 e. The van der Waals surface area contributed by atoms with Gasteiger partial charge in [-0.15, -0.1) is 0 Å². The van der Waals surface area contributed by atoms with Gasteiger partial charge in [-0.1, -0.05) is 26.0 Å². The molecule has 0 unspecified atom stereocenters. The Morgan fingerprint density at radius 1 is 1.03 bits per heavy atom. The number of benzene rings is 2. The first-order chi connectivity index (χ1) is 15.9. The Hall–Kier alpha value is -3.90. The molecular formula is C21H21N7O4S. The van der Waals surface area contributed by atoms with Crippen LogP contribution in [0.3, 0.4) is 0 Å². The van der Waals surface area contributed by atoms with E-state index >= 15 is 0 Å². The van der Waals surface area contributed by atoms with Crippen LogP contribution in [0.15, 0.2) is 66.1 Å². The maximum atomic E-state index is 12.7. The molecule has 0 spiro atoms. The summed E-state index contributed by atoms with van der Waals surface area (Å²) < 4.78 is 28.2. The van der Waals surface area contributed by atoms with E-state index in [4.69, 9.17) is 0 Å². The Balaban J connectivity index is 1.71. The van der Waals surface area contributed by atoms with E-state index in [0.29, 0.717) is 29.8 Å². The number of fused-ring (bicyclic) bond motifs is 1. The zero-order valence-electron chi connectivity index (χ0n) is 17.9. The molecule has 0 atom stereocenters. The van der Waals surface area contributed by atoms with Crippen molar-refractivity contribution in [3.05, 3.63) is 71.3 Å². The van der Waals surface area contributed by atoms with E-state index in [2.05, 4.69) is 20.3 Å². The number of para-hydroxylation sites is 2. The van der Waals surface area contributed by atoms with Crippen LogP contribution >= 0.6 is 0 Å². The fraction of sp³-hybridized carbons (Fsp3) is 0.190. The molecule has 0 amide bonds. The number of sulfonamides is 1. The van der Waals surface area contributed by atoms with E-state index in [1.165, 1.54) is 45.8 Å². The third-order valence-electron chi connectivity index (χ3n) is 5.13. The van der Waals surface area contributed by atoms with Crippen LogP contribution in [0, 0.1) is 10.1 Å². The second-order valence-electron chi connectivity index (χ2n) is 6.99. The average molecular weight is 468 g/mol. The van der Waals surface area contributed by atoms with Crippen molar-refractivity contribution in [1.82, 2.24) is 23.8 Å². The molecule has 0 saturated heterocycles. The Morgan fingerprint density at radius 2 is 1.73 bits per heavy atom. The molecule has 33 heavy (non-hydrogen) atoms. The number of rotatable bonds is 8. The van der Waals surface area contributed by atoms with Gasteiger partial charge in [-0.25, -0.2) is 23.4 Å². The first-order valence-electron chi connectivity index (χ1n) is 10.2. The molecule has 2 aromatic heterocycles. The van der Waals surface area contributed by atoms with Crippen molar-refractivity contribution in [2.45, 2.75) is 18.7 Å². The standard InChI is InChI=1S/C21H21N7O4S/c1-3-26(4-2)33(31,32)16-11-9-15(10-12-16)25-20-19(28(29)30)21(23-13-22-20)27-14-24-17-7-5-6-8-18(17)27/h5-14H,3-4H2,1-2H3,(H,22,23,25). The molecule has 4 aromatic rings. The molecule has 12 heteroatoms. The monoisotopic (exact) mass is 467 g/mol. The molecule has 0 aliphatic carbocycles. The molecule has 2 aromatic carbocycles. The lowest BCUT2D eigenvalue weighted by molar-refractivity contribution is -0.384. The summed E-state index contributed by atoms with van der Waals surface area (Å²) in [6, 6.07) is 13.2. The van der Waals surface area contributed by atoms with Gasteiger partial charge in [0.15, 0.2) is 0 Å². The van der Waals surface area contributed by atoms with Gasteiger partial charge in [-0.3, -0.25) is 14.7 Å². The minimum atomic E-state index is -3.61. The Labute approximate surface area is 189 Å². The highest BCUT2D eigenvalue weighted by atomic mass is 32.2. The average Bonchev–Trinajstić information content (AvgIpc) is 3.24. The lowest BCUT2D eigenvalue weighted by Crippen LogP contribution is -2.30. The molecule has 0 bridgehead atoms. The fourth-order valence-electron chi connectivity index (χ4n) is 3.49. The topological polar surface area (TPSA) is 136 Å². The number of nitrogens with zero attached hydrogens (tertiary/aromatic N) is 6. The number of nitrogens with one attached hydrogen (secondary N) is 1. The summed E-state index contributed by atoms with van der Waals surface area (Å²) in [6.45, 7) is 4.26. The van der Waals surface area contributed by atoms with Crippen molar-refractivity contribution >= 4 is 38.2 Å². The highest BCUT2D eigenvalue weighted by Gasteiger charge is 2.26. The first-order valence-corrected chi connectivity index (χ1v) is 11.6. The summed E-state index contributed by atoms with van der Waals surface area (Å²) in [5.74, 6) is 0.0362. The smallest absolute Gasteiger partial charge is 0.334 e. The van der Waals surface area contributed by atoms with Gasteiger partial charge in [0, 0.05) is 18.8 Å². The number of hydrogen-bond acceptors (Lipinski definition) is 8. The van der Waals surface area contributed by atoms with Crippen LogP contribution in [0.5, 0.6) is 0 Å². The van der Waals surface area contributed by atoms with Gasteiger partial charge in [0.1, 0.15) is 12.7 Å². The molecule has 2 heterocycles. The van der Waals surface area contributed by atoms with Crippen LogP contribution in [-0.2, 0) is 10.0 Å². The van der Waals surface area contributed by atoms with Crippen molar-refractivity contribution in [3.8, 4) is 5.82 Å². The van der Waals surface area contributed by atoms with Crippen LogP contribution in [0.1, 0.15) is 13.8 Å². The molecule has 4 rings (SSSR count). The molecule has 0 fully saturated rings. The van der Waals surface area contributed by atoms with Crippen LogP contribution < -0.4 is 5.32 Å². The maximum absolute atomic E-state index is 12.7. The van der Waals surface area contributed by atoms with Crippen LogP contribution in [0.25, 0.3) is 16.9 Å². The van der Waals surface area contributed by atoms with E-state index < -0.39 is 14.9 Å². The van der Waals surface area contributed by atoms with E-state index in [1.54, 1.807) is 32.0 Å². The molecule has 170 valence electrons. The van der Waals surface area contributed by atoms with Gasteiger partial charge in [0.05, 0.1) is 20.9 Å². The third-order valence-corrected chi connectivity index (χ3v) is 7.19. The van der Waals surface area contributed by atoms with Crippen molar-refractivity contribution in [2.24, 2.45) is 0 Å². The fourth-order valence-corrected chi connectivity index (χ4v) is 4.95. The lowest BCUT2D eigenvalue weighted by Gasteiger charge is -2.18. The summed E-state index contributed by atoms with van der Waals surface area (Å²) in [7, 11) is -3.61. The van der Waals surface area contributed by atoms with Gasteiger partial charge < -0.3 is 5.32 Å². The van der Waals surface area contributed by atoms with Gasteiger partial charge in [0.25, 0.3) is 0 Å². The summed E-state index contributed by atoms with van der Waals surface area (Å²) in [5, 5.41) is 14.9. The number of imidazole rings is 1. The second-order valence-corrected chi connectivity index (χ2v) is 8.93. The highest BCUT2D eigenvalue weighted by molar-refractivity contribution is 7.89. The minimum Gasteiger partial charge on any atom is -0.334 e. The number of anilines is 2. The molecule has 0 saturated carbocycles. The Morgan fingerprint density at radius 3 is 2.39 bits per heavy atom. The highest BCUT2D eigenvalue weighted by Crippen LogP contribution is 2.32. The predicted molar refractivity (Wildman–Crippen MR) is 123 cm³/mol. The summed E-state index contributed by atoms with van der Waals surface area (Å²) in [5.41, 5.74) is 1.44. The second kappa shape index (κ2) is 8.92. The summed E-state index contributed by atoms with van der Waals surface area (Å²) in [4.78, 5) is 24.0. The molecule has 0 radical (unpaired) electrons. The molecule has 1 N–H and O–H groups in total. The van der Waals surface area contributed by atoms with Crippen molar-refractivity contribution in [3.63, 3.8) is 0 Å². The van der Waals surface area contributed by atoms with Crippen molar-refractivity contribution in [1.29, 1.82) is 0 Å². The van der Waals surface area contributed by atoms with Gasteiger partial charge in [-0.2, -0.15) is 4.31 Å². The molecule has 0 aliphatic rings. The lowest BCUT2D eigenvalue weighted by atomic mass is 10.3. The van der Waals surface area contributed by atoms with Crippen LogP contribution in [0.4, 0.5) is 17.2 Å². The number of aromatic nitrogens is 4. The first kappa shape index (κ1) is 22.3. The minimum absolute atomic E-state index is 0.0258. The quantitative estimate of drug-likeness (QED) is 0.307. The maximum Gasteiger partial charge on any atom is 0.354 e. The SMILES string of the molecule is CCN(CC)S(=O)(=O)c1ccc(Nc2ncnc(-n3cnc4ccccc43)c2[N+](=O)[O-])cc1. The van der Waals surface area contributed by atoms with Crippen LogP contribution in [0.2, 0.25) is 0 Å². The molecule has 0 aliphatic heterocycles.